The Labute approximate surface area is 131 Å². The van der Waals surface area contributed by atoms with Crippen LogP contribution in [-0.4, -0.2) is 20.3 Å². The highest BCUT2D eigenvalue weighted by Gasteiger charge is 2.14. The molecular weight excluding hydrogens is 278 g/mol. The lowest BCUT2D eigenvalue weighted by molar-refractivity contribution is 0.180. The van der Waals surface area contributed by atoms with Gasteiger partial charge in [-0.25, -0.2) is 4.79 Å². The molecule has 2 rings (SSSR count). The van der Waals surface area contributed by atoms with Crippen LogP contribution in [0, 0.1) is 13.8 Å². The summed E-state index contributed by atoms with van der Waals surface area (Å²) in [5.74, 6) is 0.827. The van der Waals surface area contributed by atoms with Gasteiger partial charge in [-0.2, -0.15) is 0 Å². The Balaban J connectivity index is 2.18. The maximum atomic E-state index is 11.7. The predicted molar refractivity (Wildman–Crippen MR) is 87.5 cm³/mol. The van der Waals surface area contributed by atoms with E-state index >= 15 is 0 Å². The van der Waals surface area contributed by atoms with Gasteiger partial charge in [-0.05, 0) is 43.2 Å². The fourth-order valence-electron chi connectivity index (χ4n) is 2.37. The number of methoxy groups -OCH3 is 1. The van der Waals surface area contributed by atoms with E-state index in [1.165, 1.54) is 12.0 Å². The molecule has 2 aromatic carbocycles. The molecule has 0 aromatic heterocycles. The molecule has 1 amide bonds. The van der Waals surface area contributed by atoms with Crippen molar-refractivity contribution in [3.05, 3.63) is 59.2 Å². The molecule has 0 saturated carbocycles. The number of aryl methyl sites for hydroxylation is 2. The van der Waals surface area contributed by atoms with Crippen molar-refractivity contribution < 1.29 is 14.3 Å². The largest absolute Gasteiger partial charge is 0.489 e. The van der Waals surface area contributed by atoms with Crippen molar-refractivity contribution in [3.8, 4) is 5.75 Å². The zero-order valence-corrected chi connectivity index (χ0v) is 13.4. The van der Waals surface area contributed by atoms with Crippen LogP contribution < -0.4 is 9.64 Å². The Morgan fingerprint density at radius 2 is 1.73 bits per heavy atom. The predicted octanol–water partition coefficient (Wildman–Crippen LogP) is 4.09. The second kappa shape index (κ2) is 6.98. The molecule has 0 saturated heterocycles. The van der Waals surface area contributed by atoms with Gasteiger partial charge in [-0.3, -0.25) is 4.90 Å². The molecule has 116 valence electrons. The van der Waals surface area contributed by atoms with Crippen molar-refractivity contribution in [2.24, 2.45) is 0 Å². The molecule has 0 bridgehead atoms. The summed E-state index contributed by atoms with van der Waals surface area (Å²) < 4.78 is 10.6. The number of carbonyl (C=O) groups is 1. The minimum Gasteiger partial charge on any atom is -0.489 e. The van der Waals surface area contributed by atoms with Crippen molar-refractivity contribution in [3.63, 3.8) is 0 Å². The molecule has 22 heavy (non-hydrogen) atoms. The van der Waals surface area contributed by atoms with Gasteiger partial charge < -0.3 is 9.47 Å². The van der Waals surface area contributed by atoms with E-state index in [1.54, 1.807) is 7.05 Å². The molecule has 0 unspecified atom stereocenters. The number of amides is 1. The van der Waals surface area contributed by atoms with Crippen LogP contribution in [0.25, 0.3) is 0 Å². The van der Waals surface area contributed by atoms with E-state index in [1.807, 2.05) is 50.2 Å². The van der Waals surface area contributed by atoms with Crippen LogP contribution in [0.3, 0.4) is 0 Å². The van der Waals surface area contributed by atoms with Crippen LogP contribution in [0.4, 0.5) is 10.5 Å². The lowest BCUT2D eigenvalue weighted by atomic mass is 10.1. The van der Waals surface area contributed by atoms with E-state index in [0.717, 1.165) is 28.1 Å². The lowest BCUT2D eigenvalue weighted by Crippen LogP contribution is -2.27. The number of hydrogen-bond donors (Lipinski definition) is 0. The smallest absolute Gasteiger partial charge is 0.413 e. The lowest BCUT2D eigenvalue weighted by Gasteiger charge is -2.19. The highest BCUT2D eigenvalue weighted by molar-refractivity contribution is 5.87. The number of nitrogens with zero attached hydrogens (tertiary/aromatic N) is 1. The molecule has 0 aliphatic heterocycles. The minimum atomic E-state index is -0.404. The van der Waals surface area contributed by atoms with Crippen molar-refractivity contribution in [2.45, 2.75) is 20.5 Å². The van der Waals surface area contributed by atoms with Crippen molar-refractivity contribution in [2.75, 3.05) is 19.1 Å². The Morgan fingerprint density at radius 1 is 1.09 bits per heavy atom. The standard InChI is InChI=1S/C18H21NO3/c1-13-9-14(2)11-16(10-13)22-12-15-7-5-6-8-17(15)19(3)18(20)21-4/h5-11H,12H2,1-4H3. The SMILES string of the molecule is COC(=O)N(C)c1ccccc1COc1cc(C)cc(C)c1. The summed E-state index contributed by atoms with van der Waals surface area (Å²) in [5.41, 5.74) is 4.03. The van der Waals surface area contributed by atoms with Crippen LogP contribution >= 0.6 is 0 Å². The first-order valence-electron chi connectivity index (χ1n) is 7.12. The van der Waals surface area contributed by atoms with Crippen molar-refractivity contribution >= 4 is 11.8 Å². The van der Waals surface area contributed by atoms with Gasteiger partial charge >= 0.3 is 6.09 Å². The van der Waals surface area contributed by atoms with Gasteiger partial charge in [0.05, 0.1) is 12.8 Å². The summed E-state index contributed by atoms with van der Waals surface area (Å²) in [6.45, 7) is 4.47. The van der Waals surface area contributed by atoms with E-state index in [9.17, 15) is 4.79 Å². The maximum Gasteiger partial charge on any atom is 0.413 e. The molecule has 0 N–H and O–H groups in total. The van der Waals surface area contributed by atoms with Gasteiger partial charge in [-0.1, -0.05) is 24.3 Å². The molecule has 0 aliphatic rings. The van der Waals surface area contributed by atoms with Crippen LogP contribution in [0.15, 0.2) is 42.5 Å². The van der Waals surface area contributed by atoms with E-state index in [4.69, 9.17) is 9.47 Å². The van der Waals surface area contributed by atoms with Gasteiger partial charge in [0.2, 0.25) is 0 Å². The first kappa shape index (κ1) is 15.9. The third-order valence-electron chi connectivity index (χ3n) is 3.39. The number of anilines is 1. The Kier molecular flexibility index (Phi) is 5.04. The number of hydrogen-bond acceptors (Lipinski definition) is 3. The topological polar surface area (TPSA) is 38.8 Å². The number of rotatable bonds is 4. The third kappa shape index (κ3) is 3.79. The van der Waals surface area contributed by atoms with Gasteiger partial charge in [0, 0.05) is 12.6 Å². The second-order valence-electron chi connectivity index (χ2n) is 5.27. The average Bonchev–Trinajstić information content (AvgIpc) is 2.51. The summed E-state index contributed by atoms with van der Waals surface area (Å²) >= 11 is 0. The molecular formula is C18H21NO3. The molecule has 0 heterocycles. The van der Waals surface area contributed by atoms with E-state index in [2.05, 4.69) is 6.07 Å². The summed E-state index contributed by atoms with van der Waals surface area (Å²) in [4.78, 5) is 13.2. The fraction of sp³-hybridized carbons (Fsp3) is 0.278. The number of carbonyl (C=O) groups excluding carboxylic acids is 1. The van der Waals surface area contributed by atoms with Gasteiger partial charge in [0.1, 0.15) is 12.4 Å². The van der Waals surface area contributed by atoms with E-state index in [0.29, 0.717) is 6.61 Å². The first-order valence-corrected chi connectivity index (χ1v) is 7.12. The number of benzene rings is 2. The fourth-order valence-corrected chi connectivity index (χ4v) is 2.37. The van der Waals surface area contributed by atoms with E-state index in [-0.39, 0.29) is 0 Å². The maximum absolute atomic E-state index is 11.7. The molecule has 4 heteroatoms. The Bertz CT molecular complexity index is 647. The molecule has 0 atom stereocenters. The molecule has 0 radical (unpaired) electrons. The van der Waals surface area contributed by atoms with Crippen LogP contribution in [0.2, 0.25) is 0 Å². The van der Waals surface area contributed by atoms with Crippen molar-refractivity contribution in [1.29, 1.82) is 0 Å². The molecule has 2 aromatic rings. The van der Waals surface area contributed by atoms with Crippen LogP contribution in [0.1, 0.15) is 16.7 Å². The summed E-state index contributed by atoms with van der Waals surface area (Å²) in [6, 6.07) is 13.7. The Hall–Kier alpha value is -2.49. The number of para-hydroxylation sites is 1. The van der Waals surface area contributed by atoms with Gasteiger partial charge in [0.15, 0.2) is 0 Å². The average molecular weight is 299 g/mol. The normalized spacial score (nSPS) is 10.2. The highest BCUT2D eigenvalue weighted by atomic mass is 16.5. The van der Waals surface area contributed by atoms with Crippen LogP contribution in [-0.2, 0) is 11.3 Å². The Morgan fingerprint density at radius 3 is 2.36 bits per heavy atom. The summed E-state index contributed by atoms with van der Waals surface area (Å²) in [6.07, 6.45) is -0.404. The third-order valence-corrected chi connectivity index (χ3v) is 3.39. The minimum absolute atomic E-state index is 0.389. The molecule has 0 fully saturated rings. The second-order valence-corrected chi connectivity index (χ2v) is 5.27. The molecule has 0 aliphatic carbocycles. The highest BCUT2D eigenvalue weighted by Crippen LogP contribution is 2.23. The summed E-state index contributed by atoms with van der Waals surface area (Å²) in [7, 11) is 3.05. The quantitative estimate of drug-likeness (QED) is 0.853. The monoisotopic (exact) mass is 299 g/mol. The summed E-state index contributed by atoms with van der Waals surface area (Å²) in [5, 5.41) is 0. The zero-order valence-electron chi connectivity index (χ0n) is 13.4. The zero-order chi connectivity index (χ0) is 16.1. The van der Waals surface area contributed by atoms with Gasteiger partial charge in [-0.15, -0.1) is 0 Å². The molecule has 0 spiro atoms. The van der Waals surface area contributed by atoms with Crippen LogP contribution in [0.5, 0.6) is 5.75 Å². The van der Waals surface area contributed by atoms with Gasteiger partial charge in [0.25, 0.3) is 0 Å². The molecule has 4 nitrogen and oxygen atoms in total. The first-order chi connectivity index (χ1) is 10.5. The van der Waals surface area contributed by atoms with E-state index < -0.39 is 6.09 Å². The van der Waals surface area contributed by atoms with Crippen molar-refractivity contribution in [1.82, 2.24) is 0 Å². The number of ether oxygens (including phenoxy) is 2.